The highest BCUT2D eigenvalue weighted by Gasteiger charge is 2.21. The number of rotatable bonds is 3. The fourth-order valence-electron chi connectivity index (χ4n) is 3.76. The zero-order valence-electron chi connectivity index (χ0n) is 14.8. The van der Waals surface area contributed by atoms with Crippen molar-refractivity contribution >= 4 is 29.1 Å². The second-order valence-electron chi connectivity index (χ2n) is 7.16. The summed E-state index contributed by atoms with van der Waals surface area (Å²) >= 11 is 5.47. The van der Waals surface area contributed by atoms with Crippen molar-refractivity contribution in [2.45, 2.75) is 77.3 Å². The number of thiocarbonyl (C=S) groups is 1. The third kappa shape index (κ3) is 4.56. The zero-order chi connectivity index (χ0) is 16.9. The second kappa shape index (κ2) is 8.10. The number of anilines is 2. The monoisotopic (exact) mass is 347 g/mol. The third-order valence-electron chi connectivity index (χ3n) is 5.10. The normalized spacial score (nSPS) is 22.2. The van der Waals surface area contributed by atoms with Crippen molar-refractivity contribution < 1.29 is 0 Å². The summed E-state index contributed by atoms with van der Waals surface area (Å²) in [5.74, 6) is 1.62. The van der Waals surface area contributed by atoms with Gasteiger partial charge in [-0.2, -0.15) is 4.98 Å². The van der Waals surface area contributed by atoms with Gasteiger partial charge < -0.3 is 15.5 Å². The molecule has 1 aliphatic carbocycles. The standard InChI is InChI=1S/C18H29N5S/c1-13-12-16(23-11-7-6-8-14(23)2)21-17(19-13)22-18(24)20-15-9-4-3-5-10-15/h12,14-15H,3-11H2,1-2H3,(H2,19,20,21,22,24)/t14-/m1/s1. The molecule has 24 heavy (non-hydrogen) atoms. The van der Waals surface area contributed by atoms with Crippen molar-refractivity contribution in [3.05, 3.63) is 11.8 Å². The minimum absolute atomic E-state index is 0.491. The number of aryl methyl sites for hydroxylation is 1. The molecule has 1 saturated carbocycles. The molecule has 0 aromatic carbocycles. The lowest BCUT2D eigenvalue weighted by atomic mass is 9.96. The molecular formula is C18H29N5S. The van der Waals surface area contributed by atoms with Crippen LogP contribution >= 0.6 is 12.2 Å². The van der Waals surface area contributed by atoms with E-state index in [0.29, 0.717) is 23.1 Å². The van der Waals surface area contributed by atoms with E-state index in [1.165, 1.54) is 51.4 Å². The number of nitrogens with one attached hydrogen (secondary N) is 2. The molecule has 1 saturated heterocycles. The van der Waals surface area contributed by atoms with E-state index in [0.717, 1.165) is 18.1 Å². The summed E-state index contributed by atoms with van der Waals surface area (Å²) in [4.78, 5) is 11.6. The average Bonchev–Trinajstić information content (AvgIpc) is 2.55. The predicted octanol–water partition coefficient (Wildman–Crippen LogP) is 3.78. The lowest BCUT2D eigenvalue weighted by Crippen LogP contribution is -2.40. The molecule has 1 aromatic heterocycles. The molecular weight excluding hydrogens is 318 g/mol. The molecule has 1 aliphatic heterocycles. The molecule has 2 N–H and O–H groups in total. The molecule has 0 bridgehead atoms. The maximum atomic E-state index is 5.47. The summed E-state index contributed by atoms with van der Waals surface area (Å²) in [7, 11) is 0. The Balaban J connectivity index is 1.65. The summed E-state index contributed by atoms with van der Waals surface area (Å²) in [6.45, 7) is 5.36. The van der Waals surface area contributed by atoms with E-state index in [9.17, 15) is 0 Å². The number of hydrogen-bond donors (Lipinski definition) is 2. The summed E-state index contributed by atoms with van der Waals surface area (Å²) in [6.07, 6.45) is 10.1. The van der Waals surface area contributed by atoms with Crippen LogP contribution in [0.2, 0.25) is 0 Å². The average molecular weight is 348 g/mol. The summed E-state index contributed by atoms with van der Waals surface area (Å²) in [6, 6.07) is 3.10. The number of aromatic nitrogens is 2. The Kier molecular flexibility index (Phi) is 5.87. The van der Waals surface area contributed by atoms with E-state index in [1.807, 2.05) is 6.92 Å². The van der Waals surface area contributed by atoms with Crippen LogP contribution in [-0.2, 0) is 0 Å². The highest BCUT2D eigenvalue weighted by molar-refractivity contribution is 7.80. The van der Waals surface area contributed by atoms with Crippen LogP contribution in [0.15, 0.2) is 6.07 Å². The zero-order valence-corrected chi connectivity index (χ0v) is 15.7. The first-order chi connectivity index (χ1) is 11.6. The first kappa shape index (κ1) is 17.4. The van der Waals surface area contributed by atoms with E-state index >= 15 is 0 Å². The highest BCUT2D eigenvalue weighted by Crippen LogP contribution is 2.24. The van der Waals surface area contributed by atoms with Crippen LogP contribution in [0.3, 0.4) is 0 Å². The molecule has 0 spiro atoms. The van der Waals surface area contributed by atoms with Crippen LogP contribution < -0.4 is 15.5 Å². The summed E-state index contributed by atoms with van der Waals surface area (Å²) in [5, 5.41) is 7.26. The fourth-order valence-corrected chi connectivity index (χ4v) is 4.02. The van der Waals surface area contributed by atoms with Crippen molar-refractivity contribution in [3.8, 4) is 0 Å². The first-order valence-corrected chi connectivity index (χ1v) is 9.72. The van der Waals surface area contributed by atoms with Gasteiger partial charge in [0.25, 0.3) is 0 Å². The minimum atomic E-state index is 0.491. The van der Waals surface area contributed by atoms with Gasteiger partial charge in [-0.3, -0.25) is 0 Å². The van der Waals surface area contributed by atoms with Crippen LogP contribution in [0.1, 0.15) is 64.0 Å². The van der Waals surface area contributed by atoms with E-state index in [4.69, 9.17) is 17.2 Å². The molecule has 3 rings (SSSR count). The minimum Gasteiger partial charge on any atom is -0.360 e. The molecule has 0 amide bonds. The van der Waals surface area contributed by atoms with E-state index in [1.54, 1.807) is 0 Å². The van der Waals surface area contributed by atoms with Gasteiger partial charge in [0.15, 0.2) is 5.11 Å². The molecule has 1 atom stereocenters. The van der Waals surface area contributed by atoms with Crippen molar-refractivity contribution in [1.82, 2.24) is 15.3 Å². The Morgan fingerprint density at radius 2 is 1.88 bits per heavy atom. The van der Waals surface area contributed by atoms with Crippen LogP contribution in [0.25, 0.3) is 0 Å². The fraction of sp³-hybridized carbons (Fsp3) is 0.722. The number of nitrogens with zero attached hydrogens (tertiary/aromatic N) is 3. The molecule has 2 fully saturated rings. The van der Waals surface area contributed by atoms with Crippen molar-refractivity contribution in [2.75, 3.05) is 16.8 Å². The van der Waals surface area contributed by atoms with Crippen LogP contribution in [0.5, 0.6) is 0 Å². The van der Waals surface area contributed by atoms with Gasteiger partial charge in [-0.05, 0) is 58.2 Å². The molecule has 6 heteroatoms. The molecule has 1 aromatic rings. The number of piperidine rings is 1. The Morgan fingerprint density at radius 3 is 2.62 bits per heavy atom. The molecule has 132 valence electrons. The maximum absolute atomic E-state index is 5.47. The van der Waals surface area contributed by atoms with Gasteiger partial charge >= 0.3 is 0 Å². The quantitative estimate of drug-likeness (QED) is 0.812. The van der Waals surface area contributed by atoms with Crippen LogP contribution in [-0.4, -0.2) is 33.7 Å². The smallest absolute Gasteiger partial charge is 0.231 e. The topological polar surface area (TPSA) is 53.1 Å². The van der Waals surface area contributed by atoms with Crippen LogP contribution in [0.4, 0.5) is 11.8 Å². The maximum Gasteiger partial charge on any atom is 0.231 e. The largest absolute Gasteiger partial charge is 0.360 e. The lowest BCUT2D eigenvalue weighted by Gasteiger charge is -2.34. The van der Waals surface area contributed by atoms with Crippen molar-refractivity contribution in [3.63, 3.8) is 0 Å². The number of hydrogen-bond acceptors (Lipinski definition) is 4. The third-order valence-corrected chi connectivity index (χ3v) is 5.32. The van der Waals surface area contributed by atoms with Gasteiger partial charge in [0.1, 0.15) is 5.82 Å². The Morgan fingerprint density at radius 1 is 1.12 bits per heavy atom. The van der Waals surface area contributed by atoms with Crippen molar-refractivity contribution in [2.24, 2.45) is 0 Å². The SMILES string of the molecule is Cc1cc(N2CCCC[C@H]2C)nc(NC(=S)NC2CCCCC2)n1. The van der Waals surface area contributed by atoms with E-state index < -0.39 is 0 Å². The molecule has 2 heterocycles. The van der Waals surface area contributed by atoms with Gasteiger partial charge in [0.2, 0.25) is 5.95 Å². The van der Waals surface area contributed by atoms with E-state index in [-0.39, 0.29) is 0 Å². The Bertz CT molecular complexity index is 571. The molecule has 0 unspecified atom stereocenters. The predicted molar refractivity (Wildman–Crippen MR) is 104 cm³/mol. The van der Waals surface area contributed by atoms with Crippen molar-refractivity contribution in [1.29, 1.82) is 0 Å². The van der Waals surface area contributed by atoms with Gasteiger partial charge in [-0.25, -0.2) is 4.98 Å². The van der Waals surface area contributed by atoms with E-state index in [2.05, 4.69) is 33.5 Å². The molecule has 5 nitrogen and oxygen atoms in total. The first-order valence-electron chi connectivity index (χ1n) is 9.31. The van der Waals surface area contributed by atoms with Gasteiger partial charge in [-0.15, -0.1) is 0 Å². The highest BCUT2D eigenvalue weighted by atomic mass is 32.1. The Hall–Kier alpha value is -1.43. The Labute approximate surface area is 150 Å². The molecule has 2 aliphatic rings. The summed E-state index contributed by atoms with van der Waals surface area (Å²) < 4.78 is 0. The van der Waals surface area contributed by atoms with Crippen LogP contribution in [0, 0.1) is 6.92 Å². The van der Waals surface area contributed by atoms with Gasteiger partial charge in [0, 0.05) is 30.4 Å². The van der Waals surface area contributed by atoms with Gasteiger partial charge in [-0.1, -0.05) is 19.3 Å². The summed E-state index contributed by atoms with van der Waals surface area (Å²) in [5.41, 5.74) is 0.973. The second-order valence-corrected chi connectivity index (χ2v) is 7.57. The van der Waals surface area contributed by atoms with Gasteiger partial charge in [0.05, 0.1) is 0 Å². The lowest BCUT2D eigenvalue weighted by molar-refractivity contribution is 0.414. The molecule has 0 radical (unpaired) electrons.